The first kappa shape index (κ1) is 19.4. The van der Waals surface area contributed by atoms with Crippen molar-refractivity contribution in [2.45, 2.75) is 19.0 Å². The van der Waals surface area contributed by atoms with Gasteiger partial charge in [0.15, 0.2) is 5.11 Å². The van der Waals surface area contributed by atoms with Gasteiger partial charge in [0.1, 0.15) is 11.9 Å². The minimum absolute atomic E-state index is 0.0323. The summed E-state index contributed by atoms with van der Waals surface area (Å²) in [5.74, 6) is -2.40. The van der Waals surface area contributed by atoms with Gasteiger partial charge in [-0.15, -0.1) is 0 Å². The Balaban J connectivity index is 1.84. The van der Waals surface area contributed by atoms with Crippen molar-refractivity contribution in [3.63, 3.8) is 0 Å². The molecule has 144 valence electrons. The van der Waals surface area contributed by atoms with Crippen molar-refractivity contribution in [1.29, 1.82) is 0 Å². The molecule has 3 N–H and O–H groups in total. The summed E-state index contributed by atoms with van der Waals surface area (Å²) < 4.78 is 13.4. The summed E-state index contributed by atoms with van der Waals surface area (Å²) in [6.45, 7) is 0.181. The van der Waals surface area contributed by atoms with E-state index in [2.05, 4.69) is 5.43 Å². The number of carbonyl (C=O) groups excluding carboxylic acids is 3. The highest BCUT2D eigenvalue weighted by atomic mass is 32.1. The number of hydrogen-bond acceptors (Lipinski definition) is 4. The summed E-state index contributed by atoms with van der Waals surface area (Å²) in [5, 5.41) is 1.17. The van der Waals surface area contributed by atoms with Crippen LogP contribution in [-0.4, -0.2) is 38.8 Å². The van der Waals surface area contributed by atoms with Gasteiger partial charge in [-0.2, -0.15) is 0 Å². The molecule has 0 aromatic heterocycles. The van der Waals surface area contributed by atoms with Crippen LogP contribution in [0.2, 0.25) is 0 Å². The maximum atomic E-state index is 13.4. The zero-order valence-electron chi connectivity index (χ0n) is 14.7. The van der Waals surface area contributed by atoms with Crippen molar-refractivity contribution in [1.82, 2.24) is 15.3 Å². The molecule has 1 aliphatic rings. The van der Waals surface area contributed by atoms with Crippen molar-refractivity contribution in [3.8, 4) is 0 Å². The average Bonchev–Trinajstić information content (AvgIpc) is 2.87. The smallest absolute Gasteiger partial charge is 0.269 e. The lowest BCUT2D eigenvalue weighted by molar-refractivity contribution is -0.131. The van der Waals surface area contributed by atoms with E-state index in [0.29, 0.717) is 0 Å². The number of halogens is 1. The number of benzene rings is 2. The summed E-state index contributed by atoms with van der Waals surface area (Å²) in [5.41, 5.74) is 8.63. The van der Waals surface area contributed by atoms with Crippen LogP contribution >= 0.6 is 12.2 Å². The molecule has 2 aromatic rings. The van der Waals surface area contributed by atoms with Gasteiger partial charge >= 0.3 is 0 Å². The first-order chi connectivity index (χ1) is 13.4. The predicted molar refractivity (Wildman–Crippen MR) is 103 cm³/mol. The molecule has 28 heavy (non-hydrogen) atoms. The number of rotatable bonds is 6. The number of primary amides is 1. The largest absolute Gasteiger partial charge is 0.370 e. The number of nitrogens with zero attached hydrogens (tertiary/aromatic N) is 2. The summed E-state index contributed by atoms with van der Waals surface area (Å²) >= 11 is 5.35. The van der Waals surface area contributed by atoms with E-state index < -0.39 is 29.6 Å². The summed E-state index contributed by atoms with van der Waals surface area (Å²) in [4.78, 5) is 38.0. The quantitative estimate of drug-likeness (QED) is 0.714. The molecule has 3 rings (SSSR count). The zero-order chi connectivity index (χ0) is 20.3. The molecule has 3 amide bonds. The first-order valence-corrected chi connectivity index (χ1v) is 8.81. The maximum absolute atomic E-state index is 13.4. The Morgan fingerprint density at radius 1 is 1.14 bits per heavy atom. The molecule has 1 atom stereocenters. The van der Waals surface area contributed by atoms with Crippen LogP contribution in [0.5, 0.6) is 0 Å². The molecule has 1 aliphatic heterocycles. The van der Waals surface area contributed by atoms with Gasteiger partial charge < -0.3 is 5.73 Å². The Morgan fingerprint density at radius 2 is 1.86 bits per heavy atom. The van der Waals surface area contributed by atoms with Crippen molar-refractivity contribution in [3.05, 3.63) is 71.5 Å². The van der Waals surface area contributed by atoms with Gasteiger partial charge in [-0.05, 0) is 36.0 Å². The number of nitrogens with two attached hydrogens (primary N) is 1. The molecule has 1 heterocycles. The van der Waals surface area contributed by atoms with Gasteiger partial charge in [-0.25, -0.2) is 9.40 Å². The lowest BCUT2D eigenvalue weighted by Gasteiger charge is -2.24. The van der Waals surface area contributed by atoms with Crippen LogP contribution in [0.4, 0.5) is 4.39 Å². The second-order valence-electron chi connectivity index (χ2n) is 6.20. The fourth-order valence-corrected chi connectivity index (χ4v) is 3.19. The molecule has 7 nitrogen and oxygen atoms in total. The van der Waals surface area contributed by atoms with E-state index in [1.165, 1.54) is 23.1 Å². The topological polar surface area (TPSA) is 95.7 Å². The molecule has 1 unspecified atom stereocenters. The van der Waals surface area contributed by atoms with E-state index in [9.17, 15) is 18.8 Å². The summed E-state index contributed by atoms with van der Waals surface area (Å²) in [6.07, 6.45) is -0.326. The lowest BCUT2D eigenvalue weighted by Crippen LogP contribution is -2.49. The number of nitrogens with one attached hydrogen (secondary N) is 1. The third kappa shape index (κ3) is 4.15. The van der Waals surface area contributed by atoms with Gasteiger partial charge in [0, 0.05) is 5.56 Å². The molecule has 9 heteroatoms. The Hall–Kier alpha value is -3.33. The van der Waals surface area contributed by atoms with Crippen molar-refractivity contribution >= 4 is 35.1 Å². The van der Waals surface area contributed by atoms with Crippen molar-refractivity contribution in [2.24, 2.45) is 5.73 Å². The fourth-order valence-electron chi connectivity index (χ4n) is 2.86. The molecule has 1 fully saturated rings. The fraction of sp³-hybridized carbons (Fsp3) is 0.158. The molecule has 2 aromatic carbocycles. The normalized spacial score (nSPS) is 16.4. The van der Waals surface area contributed by atoms with Gasteiger partial charge in [0.05, 0.1) is 13.0 Å². The van der Waals surface area contributed by atoms with Crippen molar-refractivity contribution in [2.75, 3.05) is 0 Å². The predicted octanol–water partition coefficient (Wildman–Crippen LogP) is 1.34. The minimum Gasteiger partial charge on any atom is -0.370 e. The van der Waals surface area contributed by atoms with E-state index in [4.69, 9.17) is 18.0 Å². The average molecular weight is 400 g/mol. The van der Waals surface area contributed by atoms with Crippen LogP contribution in [0.15, 0.2) is 54.6 Å². The Labute approximate surface area is 165 Å². The molecule has 0 radical (unpaired) electrons. The van der Waals surface area contributed by atoms with E-state index in [0.717, 1.165) is 16.6 Å². The third-order valence-corrected chi connectivity index (χ3v) is 4.60. The third-order valence-electron chi connectivity index (χ3n) is 4.19. The number of hydrogen-bond donors (Lipinski definition) is 2. The molecular formula is C19H17FN4O3S. The SMILES string of the molecule is NC(=O)CC1C(=O)N(Cc2ccccc2)C(=S)N1NC(=O)c1cccc(F)c1. The number of amides is 3. The molecule has 0 bridgehead atoms. The Kier molecular flexibility index (Phi) is 5.65. The van der Waals surface area contributed by atoms with Crippen LogP contribution in [0.25, 0.3) is 0 Å². The Bertz CT molecular complexity index is 938. The summed E-state index contributed by atoms with van der Waals surface area (Å²) in [7, 11) is 0. The lowest BCUT2D eigenvalue weighted by atomic mass is 10.1. The molecule has 0 saturated carbocycles. The molecule has 0 aliphatic carbocycles. The van der Waals surface area contributed by atoms with Crippen molar-refractivity contribution < 1.29 is 18.8 Å². The van der Waals surface area contributed by atoms with Crippen LogP contribution in [0.1, 0.15) is 22.3 Å². The number of hydrazine groups is 1. The van der Waals surface area contributed by atoms with E-state index >= 15 is 0 Å². The molecule has 0 spiro atoms. The minimum atomic E-state index is -1.06. The second kappa shape index (κ2) is 8.13. The van der Waals surface area contributed by atoms with E-state index in [-0.39, 0.29) is 23.6 Å². The van der Waals surface area contributed by atoms with Crippen LogP contribution in [-0.2, 0) is 16.1 Å². The van der Waals surface area contributed by atoms with Crippen LogP contribution in [0.3, 0.4) is 0 Å². The monoisotopic (exact) mass is 400 g/mol. The van der Waals surface area contributed by atoms with Gasteiger partial charge in [-0.3, -0.25) is 24.7 Å². The van der Waals surface area contributed by atoms with Gasteiger partial charge in [-0.1, -0.05) is 36.4 Å². The zero-order valence-corrected chi connectivity index (χ0v) is 15.5. The highest BCUT2D eigenvalue weighted by Crippen LogP contribution is 2.21. The number of carbonyl (C=O) groups is 3. The highest BCUT2D eigenvalue weighted by Gasteiger charge is 2.44. The number of thiocarbonyl (C=S) groups is 1. The first-order valence-electron chi connectivity index (χ1n) is 8.40. The van der Waals surface area contributed by atoms with Crippen LogP contribution < -0.4 is 11.2 Å². The van der Waals surface area contributed by atoms with E-state index in [1.54, 1.807) is 0 Å². The maximum Gasteiger partial charge on any atom is 0.269 e. The van der Waals surface area contributed by atoms with Crippen LogP contribution in [0, 0.1) is 5.82 Å². The summed E-state index contributed by atoms with van der Waals surface area (Å²) in [6, 6.07) is 13.2. The molecule has 1 saturated heterocycles. The van der Waals surface area contributed by atoms with Gasteiger partial charge in [0.25, 0.3) is 11.8 Å². The van der Waals surface area contributed by atoms with Gasteiger partial charge in [0.2, 0.25) is 5.91 Å². The Morgan fingerprint density at radius 3 is 2.50 bits per heavy atom. The molecular weight excluding hydrogens is 383 g/mol. The van der Waals surface area contributed by atoms with E-state index in [1.807, 2.05) is 30.3 Å². The standard InChI is InChI=1S/C19H17FN4O3S/c20-14-8-4-7-13(9-14)17(26)22-24-15(10-16(21)25)18(27)23(19(24)28)11-12-5-2-1-3-6-12/h1-9,15H,10-11H2,(H2,21,25)(H,22,26). The second-order valence-corrected chi connectivity index (χ2v) is 6.57. The highest BCUT2D eigenvalue weighted by molar-refractivity contribution is 7.80.